The molecule has 1 atom stereocenters. The lowest BCUT2D eigenvalue weighted by atomic mass is 9.87. The summed E-state index contributed by atoms with van der Waals surface area (Å²) in [6.07, 6.45) is 4.66. The number of nitrogens with one attached hydrogen (secondary N) is 2. The smallest absolute Gasteiger partial charge is 0.326 e. The molecule has 0 bridgehead atoms. The lowest BCUT2D eigenvalue weighted by molar-refractivity contribution is -0.139. The quantitative estimate of drug-likeness (QED) is 0.717. The number of carboxylic acids is 1. The molecule has 5 nitrogen and oxygen atoms in total. The van der Waals surface area contributed by atoms with Crippen molar-refractivity contribution in [2.24, 2.45) is 11.8 Å². The molecular weight excluding hydrogens is 244 g/mol. The molecule has 110 valence electrons. The second kappa shape index (κ2) is 7.36. The van der Waals surface area contributed by atoms with E-state index in [0.29, 0.717) is 6.42 Å². The minimum absolute atomic E-state index is 0.185. The largest absolute Gasteiger partial charge is 0.480 e. The number of urea groups is 1. The summed E-state index contributed by atoms with van der Waals surface area (Å²) in [6.45, 7) is 6.11. The fraction of sp³-hybridized carbons (Fsp3) is 0.857. The first-order valence-electron chi connectivity index (χ1n) is 7.18. The maximum Gasteiger partial charge on any atom is 0.326 e. The second-order valence-corrected chi connectivity index (χ2v) is 6.09. The van der Waals surface area contributed by atoms with Crippen molar-refractivity contribution in [2.45, 2.75) is 65.0 Å². The van der Waals surface area contributed by atoms with Gasteiger partial charge in [-0.05, 0) is 43.9 Å². The molecule has 5 heteroatoms. The number of carbonyl (C=O) groups is 2. The summed E-state index contributed by atoms with van der Waals surface area (Å²) in [4.78, 5) is 22.9. The number of hydrogen-bond donors (Lipinski definition) is 3. The van der Waals surface area contributed by atoms with Crippen LogP contribution < -0.4 is 10.6 Å². The van der Waals surface area contributed by atoms with Gasteiger partial charge in [-0.15, -0.1) is 0 Å². The Balaban J connectivity index is 2.38. The Hall–Kier alpha value is -1.26. The molecule has 0 spiro atoms. The topological polar surface area (TPSA) is 78.4 Å². The van der Waals surface area contributed by atoms with Gasteiger partial charge in [-0.3, -0.25) is 0 Å². The van der Waals surface area contributed by atoms with Gasteiger partial charge in [-0.1, -0.05) is 20.8 Å². The van der Waals surface area contributed by atoms with Crippen LogP contribution in [0.2, 0.25) is 0 Å². The predicted octanol–water partition coefficient (Wildman–Crippen LogP) is 2.36. The molecule has 1 aliphatic rings. The molecule has 0 heterocycles. The molecule has 0 aromatic carbocycles. The van der Waals surface area contributed by atoms with Crippen LogP contribution in [0.15, 0.2) is 0 Å². The first-order chi connectivity index (χ1) is 8.88. The third-order valence-electron chi connectivity index (χ3n) is 3.66. The monoisotopic (exact) mass is 270 g/mol. The first-order valence-corrected chi connectivity index (χ1v) is 7.18. The highest BCUT2D eigenvalue weighted by Gasteiger charge is 2.24. The highest BCUT2D eigenvalue weighted by molar-refractivity contribution is 5.82. The maximum absolute atomic E-state index is 11.8. The standard InChI is InChI=1S/C14H26N2O3/c1-9(2)8-12(13(17)18)16-14(19)15-11-6-4-10(3)5-7-11/h9-12H,4-8H2,1-3H3,(H,17,18)(H2,15,16,19)/t10?,11?,12-/m1/s1. The SMILES string of the molecule is CC(C)C[C@@H](NC(=O)NC1CCC(C)CC1)C(=O)O. The van der Waals surface area contributed by atoms with E-state index in [1.54, 1.807) is 0 Å². The van der Waals surface area contributed by atoms with Crippen LogP contribution >= 0.6 is 0 Å². The Morgan fingerprint density at radius 3 is 2.26 bits per heavy atom. The molecule has 1 aliphatic carbocycles. The van der Waals surface area contributed by atoms with Gasteiger partial charge in [0.1, 0.15) is 6.04 Å². The van der Waals surface area contributed by atoms with Crippen molar-refractivity contribution >= 4 is 12.0 Å². The number of aliphatic carboxylic acids is 1. The van der Waals surface area contributed by atoms with E-state index < -0.39 is 12.0 Å². The number of hydrogen-bond acceptors (Lipinski definition) is 2. The van der Waals surface area contributed by atoms with Crippen LogP contribution in [0.4, 0.5) is 4.79 Å². The lowest BCUT2D eigenvalue weighted by Gasteiger charge is -2.27. The third kappa shape index (κ3) is 5.94. The molecule has 19 heavy (non-hydrogen) atoms. The molecule has 1 rings (SSSR count). The summed E-state index contributed by atoms with van der Waals surface area (Å²) < 4.78 is 0. The Bertz CT molecular complexity index is 310. The van der Waals surface area contributed by atoms with Gasteiger partial charge in [0.25, 0.3) is 0 Å². The Kier molecular flexibility index (Phi) is 6.12. The average Bonchev–Trinajstić information content (AvgIpc) is 2.30. The van der Waals surface area contributed by atoms with E-state index >= 15 is 0 Å². The van der Waals surface area contributed by atoms with Crippen LogP contribution in [-0.4, -0.2) is 29.2 Å². The molecule has 0 unspecified atom stereocenters. The summed E-state index contributed by atoms with van der Waals surface area (Å²) in [5.41, 5.74) is 0. The van der Waals surface area contributed by atoms with Gasteiger partial charge in [-0.25, -0.2) is 9.59 Å². The zero-order chi connectivity index (χ0) is 14.4. The zero-order valence-corrected chi connectivity index (χ0v) is 12.1. The third-order valence-corrected chi connectivity index (χ3v) is 3.66. The Labute approximate surface area is 115 Å². The molecular formula is C14H26N2O3. The van der Waals surface area contributed by atoms with Gasteiger partial charge in [-0.2, -0.15) is 0 Å². The van der Waals surface area contributed by atoms with Gasteiger partial charge >= 0.3 is 12.0 Å². The van der Waals surface area contributed by atoms with Gasteiger partial charge in [0.2, 0.25) is 0 Å². The van der Waals surface area contributed by atoms with Crippen LogP contribution in [0.25, 0.3) is 0 Å². The molecule has 1 fully saturated rings. The average molecular weight is 270 g/mol. The highest BCUT2D eigenvalue weighted by atomic mass is 16.4. The number of amides is 2. The summed E-state index contributed by atoms with van der Waals surface area (Å²) in [5, 5.41) is 14.5. The van der Waals surface area contributed by atoms with E-state index in [1.165, 1.54) is 0 Å². The van der Waals surface area contributed by atoms with Crippen molar-refractivity contribution in [3.63, 3.8) is 0 Å². The van der Waals surface area contributed by atoms with Crippen LogP contribution in [0, 0.1) is 11.8 Å². The molecule has 0 radical (unpaired) electrons. The second-order valence-electron chi connectivity index (χ2n) is 6.09. The molecule has 0 aliphatic heterocycles. The Morgan fingerprint density at radius 1 is 1.21 bits per heavy atom. The number of carbonyl (C=O) groups excluding carboxylic acids is 1. The minimum Gasteiger partial charge on any atom is -0.480 e. The van der Waals surface area contributed by atoms with Crippen LogP contribution in [0.5, 0.6) is 0 Å². The van der Waals surface area contributed by atoms with Gasteiger partial charge in [0.15, 0.2) is 0 Å². The van der Waals surface area contributed by atoms with E-state index in [0.717, 1.165) is 31.6 Å². The van der Waals surface area contributed by atoms with Crippen molar-refractivity contribution in [3.8, 4) is 0 Å². The van der Waals surface area contributed by atoms with Crippen LogP contribution in [0.1, 0.15) is 52.9 Å². The van der Waals surface area contributed by atoms with Crippen molar-refractivity contribution in [1.29, 1.82) is 0 Å². The molecule has 0 aromatic rings. The van der Waals surface area contributed by atoms with Crippen molar-refractivity contribution < 1.29 is 14.7 Å². The van der Waals surface area contributed by atoms with Crippen molar-refractivity contribution in [2.75, 3.05) is 0 Å². The summed E-state index contributed by atoms with van der Waals surface area (Å²) in [5.74, 6) is -0.00753. The lowest BCUT2D eigenvalue weighted by Crippen LogP contribution is -2.50. The first kappa shape index (κ1) is 15.8. The van der Waals surface area contributed by atoms with E-state index in [-0.39, 0.29) is 18.0 Å². The molecule has 0 aromatic heterocycles. The molecule has 3 N–H and O–H groups in total. The summed E-state index contributed by atoms with van der Waals surface area (Å²) >= 11 is 0. The predicted molar refractivity (Wildman–Crippen MR) is 74.0 cm³/mol. The van der Waals surface area contributed by atoms with Gasteiger partial charge in [0.05, 0.1) is 0 Å². The van der Waals surface area contributed by atoms with Gasteiger partial charge in [0, 0.05) is 6.04 Å². The molecule has 2 amide bonds. The van der Waals surface area contributed by atoms with Crippen LogP contribution in [0.3, 0.4) is 0 Å². The number of carboxylic acid groups (broad SMARTS) is 1. The highest BCUT2D eigenvalue weighted by Crippen LogP contribution is 2.23. The fourth-order valence-electron chi connectivity index (χ4n) is 2.48. The normalized spacial score (nSPS) is 24.8. The van der Waals surface area contributed by atoms with E-state index in [4.69, 9.17) is 5.11 Å². The summed E-state index contributed by atoms with van der Waals surface area (Å²) in [6, 6.07) is -0.972. The fourth-order valence-corrected chi connectivity index (χ4v) is 2.48. The molecule has 1 saturated carbocycles. The maximum atomic E-state index is 11.8. The van der Waals surface area contributed by atoms with Gasteiger partial charge < -0.3 is 15.7 Å². The van der Waals surface area contributed by atoms with E-state index in [1.807, 2.05) is 13.8 Å². The zero-order valence-electron chi connectivity index (χ0n) is 12.1. The van der Waals surface area contributed by atoms with Crippen LogP contribution in [-0.2, 0) is 4.79 Å². The minimum atomic E-state index is -0.971. The Morgan fingerprint density at radius 2 is 1.79 bits per heavy atom. The molecule has 0 saturated heterocycles. The van der Waals surface area contributed by atoms with Crippen molar-refractivity contribution in [1.82, 2.24) is 10.6 Å². The van der Waals surface area contributed by atoms with E-state index in [2.05, 4.69) is 17.6 Å². The van der Waals surface area contributed by atoms with E-state index in [9.17, 15) is 9.59 Å². The number of rotatable bonds is 5. The summed E-state index contributed by atoms with van der Waals surface area (Å²) in [7, 11) is 0. The van der Waals surface area contributed by atoms with Crippen molar-refractivity contribution in [3.05, 3.63) is 0 Å².